The first-order valence-electron chi connectivity index (χ1n) is 6.87. The summed E-state index contributed by atoms with van der Waals surface area (Å²) >= 11 is 0. The molecule has 0 bridgehead atoms. The summed E-state index contributed by atoms with van der Waals surface area (Å²) in [5, 5.41) is 0. The van der Waals surface area contributed by atoms with Crippen molar-refractivity contribution >= 4 is 15.7 Å². The maximum Gasteiger partial charge on any atom is 0.218 e. The van der Waals surface area contributed by atoms with Gasteiger partial charge in [-0.05, 0) is 44.6 Å². The number of nitrogens with two attached hydrogens (primary N) is 1. The Hall–Kier alpha value is -1.11. The average molecular weight is 297 g/mol. The Labute approximate surface area is 121 Å². The summed E-state index contributed by atoms with van der Waals surface area (Å²) in [7, 11) is 0.729. The lowest BCUT2D eigenvalue weighted by Gasteiger charge is -2.35. The van der Waals surface area contributed by atoms with E-state index >= 15 is 0 Å². The second-order valence-corrected chi connectivity index (χ2v) is 7.59. The number of nitrogens with zero attached hydrogens (tertiary/aromatic N) is 2. The van der Waals surface area contributed by atoms with Gasteiger partial charge in [0.2, 0.25) is 10.0 Å². The van der Waals surface area contributed by atoms with Crippen molar-refractivity contribution in [3.05, 3.63) is 29.8 Å². The van der Waals surface area contributed by atoms with Crippen molar-refractivity contribution in [2.24, 2.45) is 0 Å². The number of sulfonamides is 1. The van der Waals surface area contributed by atoms with E-state index in [0.29, 0.717) is 24.8 Å². The lowest BCUT2D eigenvalue weighted by atomic mass is 10.1. The third-order valence-corrected chi connectivity index (χ3v) is 5.60. The molecule has 2 rings (SSSR count). The van der Waals surface area contributed by atoms with Crippen LogP contribution < -0.4 is 5.73 Å². The molecule has 1 aliphatic heterocycles. The van der Waals surface area contributed by atoms with Crippen molar-refractivity contribution in [1.82, 2.24) is 9.21 Å². The van der Waals surface area contributed by atoms with Crippen LogP contribution in [0.5, 0.6) is 0 Å². The normalized spacial score (nSPS) is 21.2. The van der Waals surface area contributed by atoms with Crippen molar-refractivity contribution < 1.29 is 8.42 Å². The maximum atomic E-state index is 12.5. The lowest BCUT2D eigenvalue weighted by molar-refractivity contribution is 0.190. The molecule has 1 atom stereocenters. The van der Waals surface area contributed by atoms with Crippen LogP contribution in [-0.4, -0.2) is 50.8 Å². The first-order chi connectivity index (χ1) is 9.38. The second kappa shape index (κ2) is 6.11. The number of likely N-dealkylation sites (N-methyl/N-ethyl adjacent to an activating group) is 1. The summed E-state index contributed by atoms with van der Waals surface area (Å²) in [5.41, 5.74) is 7.05. The topological polar surface area (TPSA) is 66.6 Å². The zero-order valence-corrected chi connectivity index (χ0v) is 12.9. The zero-order chi connectivity index (χ0) is 14.8. The molecule has 1 aromatic rings. The van der Waals surface area contributed by atoms with E-state index in [2.05, 4.69) is 4.90 Å². The predicted octanol–water partition coefficient (Wildman–Crippen LogP) is 1.12. The molecule has 112 valence electrons. The van der Waals surface area contributed by atoms with Crippen LogP contribution in [0.4, 0.5) is 5.69 Å². The number of rotatable bonds is 4. The van der Waals surface area contributed by atoms with Crippen LogP contribution >= 0.6 is 0 Å². The average Bonchev–Trinajstić information content (AvgIpc) is 2.38. The molecule has 0 aliphatic carbocycles. The van der Waals surface area contributed by atoms with Crippen LogP contribution in [0.25, 0.3) is 0 Å². The van der Waals surface area contributed by atoms with Crippen LogP contribution in [0.1, 0.15) is 18.4 Å². The summed E-state index contributed by atoms with van der Waals surface area (Å²) in [6, 6.07) is 7.39. The molecule has 20 heavy (non-hydrogen) atoms. The summed E-state index contributed by atoms with van der Waals surface area (Å²) < 4.78 is 26.6. The molecule has 1 aromatic carbocycles. The summed E-state index contributed by atoms with van der Waals surface area (Å²) in [5.74, 6) is 0.0260. The minimum absolute atomic E-state index is 0.0260. The van der Waals surface area contributed by atoms with Gasteiger partial charge in [-0.15, -0.1) is 0 Å². The number of anilines is 1. The van der Waals surface area contributed by atoms with Gasteiger partial charge in [0.25, 0.3) is 0 Å². The van der Waals surface area contributed by atoms with E-state index in [0.717, 1.165) is 18.4 Å². The molecule has 0 saturated carbocycles. The monoisotopic (exact) mass is 297 g/mol. The van der Waals surface area contributed by atoms with E-state index in [1.807, 2.05) is 14.1 Å². The van der Waals surface area contributed by atoms with E-state index in [9.17, 15) is 8.42 Å². The zero-order valence-electron chi connectivity index (χ0n) is 12.1. The Morgan fingerprint density at radius 2 is 2.15 bits per heavy atom. The van der Waals surface area contributed by atoms with Gasteiger partial charge in [-0.25, -0.2) is 12.7 Å². The van der Waals surface area contributed by atoms with Crippen LogP contribution in [0.15, 0.2) is 24.3 Å². The quantitative estimate of drug-likeness (QED) is 0.846. The highest BCUT2D eigenvalue weighted by atomic mass is 32.2. The van der Waals surface area contributed by atoms with Gasteiger partial charge in [-0.2, -0.15) is 0 Å². The number of benzene rings is 1. The Morgan fingerprint density at radius 3 is 2.80 bits per heavy atom. The molecule has 1 fully saturated rings. The van der Waals surface area contributed by atoms with Crippen LogP contribution in [0.2, 0.25) is 0 Å². The number of nitrogen functional groups attached to an aromatic ring is 1. The maximum absolute atomic E-state index is 12.5. The Bertz CT molecular complexity index is 557. The third kappa shape index (κ3) is 3.71. The molecule has 0 spiro atoms. The second-order valence-electron chi connectivity index (χ2n) is 5.62. The van der Waals surface area contributed by atoms with E-state index in [4.69, 9.17) is 5.73 Å². The fourth-order valence-corrected chi connectivity index (χ4v) is 4.17. The number of piperidine rings is 1. The van der Waals surface area contributed by atoms with Crippen molar-refractivity contribution in [1.29, 1.82) is 0 Å². The molecule has 1 saturated heterocycles. The molecule has 0 amide bonds. The largest absolute Gasteiger partial charge is 0.399 e. The molecule has 6 heteroatoms. The number of hydrogen-bond acceptors (Lipinski definition) is 4. The summed E-state index contributed by atoms with van der Waals surface area (Å²) in [6.45, 7) is 1.20. The highest BCUT2D eigenvalue weighted by Crippen LogP contribution is 2.20. The summed E-state index contributed by atoms with van der Waals surface area (Å²) in [6.07, 6.45) is 1.97. The van der Waals surface area contributed by atoms with E-state index in [-0.39, 0.29) is 5.75 Å². The van der Waals surface area contributed by atoms with Gasteiger partial charge in [0.1, 0.15) is 0 Å². The molecule has 0 aromatic heterocycles. The third-order valence-electron chi connectivity index (χ3n) is 3.78. The predicted molar refractivity (Wildman–Crippen MR) is 81.8 cm³/mol. The highest BCUT2D eigenvalue weighted by molar-refractivity contribution is 7.88. The Kier molecular flexibility index (Phi) is 4.67. The van der Waals surface area contributed by atoms with Crippen LogP contribution in [0.3, 0.4) is 0 Å². The standard InChI is InChI=1S/C14H23N3O2S/c1-16(2)14-7-4-8-17(10-14)20(18,19)11-12-5-3-6-13(15)9-12/h3,5-6,9,14H,4,7-8,10-11,15H2,1-2H3. The van der Waals surface area contributed by atoms with E-state index in [1.165, 1.54) is 0 Å². The van der Waals surface area contributed by atoms with Crippen LogP contribution in [0, 0.1) is 0 Å². The Balaban J connectivity index is 2.10. The fraction of sp³-hybridized carbons (Fsp3) is 0.571. The van der Waals surface area contributed by atoms with Crippen molar-refractivity contribution in [2.45, 2.75) is 24.6 Å². The Morgan fingerprint density at radius 1 is 1.40 bits per heavy atom. The molecule has 0 radical (unpaired) electrons. The van der Waals surface area contributed by atoms with Gasteiger partial charge in [0, 0.05) is 24.8 Å². The van der Waals surface area contributed by atoms with Gasteiger partial charge in [0.05, 0.1) is 5.75 Å². The van der Waals surface area contributed by atoms with Gasteiger partial charge in [-0.3, -0.25) is 0 Å². The number of hydrogen-bond donors (Lipinski definition) is 1. The molecule has 1 aliphatic rings. The first-order valence-corrected chi connectivity index (χ1v) is 8.48. The first kappa shape index (κ1) is 15.3. The van der Waals surface area contributed by atoms with Crippen molar-refractivity contribution in [3.8, 4) is 0 Å². The lowest BCUT2D eigenvalue weighted by Crippen LogP contribution is -2.47. The molecular formula is C14H23N3O2S. The molecule has 1 heterocycles. The smallest absolute Gasteiger partial charge is 0.218 e. The van der Waals surface area contributed by atoms with Crippen LogP contribution in [-0.2, 0) is 15.8 Å². The van der Waals surface area contributed by atoms with Gasteiger partial charge in [-0.1, -0.05) is 12.1 Å². The molecule has 2 N–H and O–H groups in total. The molecular weight excluding hydrogens is 274 g/mol. The van der Waals surface area contributed by atoms with Gasteiger partial charge in [0.15, 0.2) is 0 Å². The SMILES string of the molecule is CN(C)C1CCCN(S(=O)(=O)Cc2cccc(N)c2)C1. The van der Waals surface area contributed by atoms with E-state index < -0.39 is 10.0 Å². The van der Waals surface area contributed by atoms with Crippen molar-refractivity contribution in [2.75, 3.05) is 32.9 Å². The molecule has 5 nitrogen and oxygen atoms in total. The minimum Gasteiger partial charge on any atom is -0.399 e. The minimum atomic E-state index is -3.27. The van der Waals surface area contributed by atoms with E-state index in [1.54, 1.807) is 28.6 Å². The fourth-order valence-electron chi connectivity index (χ4n) is 2.58. The molecule has 1 unspecified atom stereocenters. The summed E-state index contributed by atoms with van der Waals surface area (Å²) in [4.78, 5) is 2.10. The van der Waals surface area contributed by atoms with Crippen molar-refractivity contribution in [3.63, 3.8) is 0 Å². The van der Waals surface area contributed by atoms with Gasteiger partial charge >= 0.3 is 0 Å². The van der Waals surface area contributed by atoms with Gasteiger partial charge < -0.3 is 10.6 Å². The highest BCUT2D eigenvalue weighted by Gasteiger charge is 2.29.